The molecule has 8 aromatic carbocycles. The highest BCUT2D eigenvalue weighted by Crippen LogP contribution is 2.56. The first-order chi connectivity index (χ1) is 33.0. The van der Waals surface area contributed by atoms with Crippen LogP contribution in [0.2, 0.25) is 0 Å². The zero-order valence-corrected chi connectivity index (χ0v) is 41.5. The van der Waals surface area contributed by atoms with Gasteiger partial charge in [0.05, 0.1) is 12.3 Å². The standard InChI is InChI=1S/2C28H29NP.2C2H4O2/c2*1-29(24-25-14-6-2-7-15-25)22-23-30(26-16-8-3-9-17-26,27-18-10-4-11-19-27)28-20-12-5-13-21-28;2*1-2(3)4/h2*2-21H,22-24H2,1H3;2*1H3,(H,3,4)/q2*+1;;/p-2. The maximum atomic E-state index is 8.89. The van der Waals surface area contributed by atoms with Gasteiger partial charge in [-0.2, -0.15) is 0 Å². The van der Waals surface area contributed by atoms with Gasteiger partial charge < -0.3 is 19.8 Å². The van der Waals surface area contributed by atoms with E-state index < -0.39 is 26.5 Å². The van der Waals surface area contributed by atoms with E-state index in [4.69, 9.17) is 19.8 Å². The molecular formula is C60H64N2O4P2. The van der Waals surface area contributed by atoms with Crippen LogP contribution in [0.3, 0.4) is 0 Å². The number of carboxylic acid groups (broad SMARTS) is 2. The van der Waals surface area contributed by atoms with E-state index in [1.807, 2.05) is 0 Å². The monoisotopic (exact) mass is 938 g/mol. The van der Waals surface area contributed by atoms with Crippen LogP contribution >= 0.6 is 14.5 Å². The molecule has 0 saturated carbocycles. The second-order valence-electron chi connectivity index (χ2n) is 16.5. The Morgan fingerprint density at radius 2 is 0.500 bits per heavy atom. The third-order valence-corrected chi connectivity index (χ3v) is 20.2. The highest BCUT2D eigenvalue weighted by molar-refractivity contribution is 7.96. The number of benzene rings is 8. The van der Waals surface area contributed by atoms with Crippen LogP contribution in [0.5, 0.6) is 0 Å². The van der Waals surface area contributed by atoms with Crippen molar-refractivity contribution >= 4 is 58.3 Å². The third-order valence-electron chi connectivity index (χ3n) is 11.4. The molecule has 348 valence electrons. The van der Waals surface area contributed by atoms with Gasteiger partial charge in [-0.1, -0.05) is 170 Å². The molecule has 0 atom stereocenters. The second kappa shape index (κ2) is 28.0. The molecule has 0 N–H and O–H groups in total. The molecule has 0 aromatic heterocycles. The van der Waals surface area contributed by atoms with Gasteiger partial charge in [0, 0.05) is 38.1 Å². The van der Waals surface area contributed by atoms with Gasteiger partial charge in [-0.3, -0.25) is 9.80 Å². The Morgan fingerprint density at radius 1 is 0.338 bits per heavy atom. The summed E-state index contributed by atoms with van der Waals surface area (Å²) in [6.45, 7) is 5.97. The Hall–Kier alpha value is -6.52. The zero-order chi connectivity index (χ0) is 48.5. The zero-order valence-electron chi connectivity index (χ0n) is 39.8. The molecule has 0 amide bonds. The molecule has 0 bridgehead atoms. The van der Waals surface area contributed by atoms with Crippen LogP contribution in [-0.2, 0) is 22.7 Å². The molecule has 0 heterocycles. The molecular weight excluding hydrogens is 875 g/mol. The minimum absolute atomic E-state index is 0.971. The molecule has 8 heteroatoms. The Kier molecular flexibility index (Phi) is 21.6. The van der Waals surface area contributed by atoms with E-state index in [-0.39, 0.29) is 0 Å². The van der Waals surface area contributed by atoms with Crippen LogP contribution in [0.4, 0.5) is 0 Å². The normalized spacial score (nSPS) is 10.9. The summed E-state index contributed by atoms with van der Waals surface area (Å²) in [5.74, 6) is -2.17. The smallest absolute Gasteiger partial charge is 0.113 e. The Labute approximate surface area is 406 Å². The first-order valence-electron chi connectivity index (χ1n) is 22.9. The molecule has 0 unspecified atom stereocenters. The Bertz CT molecular complexity index is 2220. The quantitative estimate of drug-likeness (QED) is 0.0923. The SMILES string of the molecule is CC(=O)[O-].CC(=O)[O-].CN(CC[P+](c1ccccc1)(c1ccccc1)c1ccccc1)Cc1ccccc1.CN(CC[P+](c1ccccc1)(c1ccccc1)c1ccccc1)Cc1ccccc1. The molecule has 0 radical (unpaired) electrons. The predicted molar refractivity (Wildman–Crippen MR) is 287 cm³/mol. The van der Waals surface area contributed by atoms with Crippen molar-refractivity contribution in [2.45, 2.75) is 26.9 Å². The van der Waals surface area contributed by atoms with Crippen molar-refractivity contribution in [2.75, 3.05) is 39.5 Å². The fourth-order valence-corrected chi connectivity index (χ4v) is 17.1. The minimum Gasteiger partial charge on any atom is -0.550 e. The first kappa shape index (κ1) is 52.4. The van der Waals surface area contributed by atoms with Crippen molar-refractivity contribution < 1.29 is 19.8 Å². The molecule has 68 heavy (non-hydrogen) atoms. The summed E-state index contributed by atoms with van der Waals surface area (Å²) >= 11 is 0. The van der Waals surface area contributed by atoms with Crippen LogP contribution in [-0.4, -0.2) is 61.2 Å². The van der Waals surface area contributed by atoms with E-state index in [9.17, 15) is 0 Å². The van der Waals surface area contributed by atoms with Gasteiger partial charge in [0.2, 0.25) is 0 Å². The van der Waals surface area contributed by atoms with E-state index in [1.54, 1.807) is 0 Å². The van der Waals surface area contributed by atoms with Gasteiger partial charge >= 0.3 is 0 Å². The lowest BCUT2D eigenvalue weighted by Crippen LogP contribution is -2.37. The van der Waals surface area contributed by atoms with Crippen LogP contribution in [0.15, 0.2) is 243 Å². The van der Waals surface area contributed by atoms with Gasteiger partial charge in [-0.25, -0.2) is 0 Å². The second-order valence-corrected chi connectivity index (χ2v) is 23.7. The maximum absolute atomic E-state index is 8.89. The van der Waals surface area contributed by atoms with Crippen LogP contribution < -0.4 is 42.0 Å². The summed E-state index contributed by atoms with van der Waals surface area (Å²) in [6.07, 6.45) is 2.24. The van der Waals surface area contributed by atoms with E-state index in [1.165, 1.54) is 43.0 Å². The van der Waals surface area contributed by atoms with Crippen molar-refractivity contribution in [3.63, 3.8) is 0 Å². The maximum Gasteiger partial charge on any atom is 0.113 e. The summed E-state index contributed by atoms with van der Waals surface area (Å²) in [5, 5.41) is 26.5. The highest BCUT2D eigenvalue weighted by Gasteiger charge is 2.46. The lowest BCUT2D eigenvalue weighted by molar-refractivity contribution is -0.303. The van der Waals surface area contributed by atoms with E-state index in [0.717, 1.165) is 52.4 Å². The van der Waals surface area contributed by atoms with Gasteiger partial charge in [-0.15, -0.1) is 0 Å². The van der Waals surface area contributed by atoms with Crippen LogP contribution in [0, 0.1) is 0 Å². The summed E-state index contributed by atoms with van der Waals surface area (Å²) in [6, 6.07) is 88.3. The number of aliphatic carboxylic acids is 2. The number of carbonyl (C=O) groups excluding carboxylic acids is 2. The number of rotatable bonds is 16. The van der Waals surface area contributed by atoms with E-state index in [0.29, 0.717) is 0 Å². The van der Waals surface area contributed by atoms with Crippen LogP contribution in [0.25, 0.3) is 0 Å². The molecule has 8 rings (SSSR count). The molecule has 0 spiro atoms. The van der Waals surface area contributed by atoms with Gasteiger partial charge in [-0.05, 0) is 112 Å². The third kappa shape index (κ3) is 15.8. The number of hydrogen-bond donors (Lipinski definition) is 0. The van der Waals surface area contributed by atoms with Gasteiger partial charge in [0.25, 0.3) is 0 Å². The lowest BCUT2D eigenvalue weighted by Gasteiger charge is -2.29. The summed E-state index contributed by atoms with van der Waals surface area (Å²) in [5.41, 5.74) is 2.73. The highest BCUT2D eigenvalue weighted by atomic mass is 31.2. The van der Waals surface area contributed by atoms with Crippen molar-refractivity contribution in [1.29, 1.82) is 0 Å². The van der Waals surface area contributed by atoms with Crippen molar-refractivity contribution in [3.05, 3.63) is 254 Å². The average molecular weight is 939 g/mol. The van der Waals surface area contributed by atoms with Crippen molar-refractivity contribution in [3.8, 4) is 0 Å². The lowest BCUT2D eigenvalue weighted by atomic mass is 10.2. The fourth-order valence-electron chi connectivity index (χ4n) is 8.35. The largest absolute Gasteiger partial charge is 0.550 e. The number of carbonyl (C=O) groups is 2. The van der Waals surface area contributed by atoms with Crippen LogP contribution in [0.1, 0.15) is 25.0 Å². The van der Waals surface area contributed by atoms with E-state index >= 15 is 0 Å². The summed E-state index contributed by atoms with van der Waals surface area (Å²) in [7, 11) is 0.970. The molecule has 8 aromatic rings. The average Bonchev–Trinajstić information content (AvgIpc) is 3.37. The molecule has 0 aliphatic heterocycles. The Balaban J connectivity index is 0.000000220. The first-order valence-corrected chi connectivity index (χ1v) is 26.9. The van der Waals surface area contributed by atoms with E-state index in [2.05, 4.69) is 267 Å². The predicted octanol–water partition coefficient (Wildman–Crippen LogP) is 7.74. The fraction of sp³-hybridized carbons (Fsp3) is 0.167. The van der Waals surface area contributed by atoms with Gasteiger partial charge in [0.15, 0.2) is 0 Å². The number of carboxylic acids is 2. The van der Waals surface area contributed by atoms with Gasteiger partial charge in [0.1, 0.15) is 46.4 Å². The van der Waals surface area contributed by atoms with Crippen molar-refractivity contribution in [2.24, 2.45) is 0 Å². The Morgan fingerprint density at radius 3 is 0.676 bits per heavy atom. The molecule has 0 aliphatic rings. The minimum atomic E-state index is -1.75. The number of nitrogens with zero attached hydrogens (tertiary/aromatic N) is 2. The summed E-state index contributed by atoms with van der Waals surface area (Å²) in [4.78, 5) is 22.7. The molecule has 0 fully saturated rings. The topological polar surface area (TPSA) is 86.7 Å². The number of hydrogen-bond acceptors (Lipinski definition) is 6. The molecule has 6 nitrogen and oxygen atoms in total. The van der Waals surface area contributed by atoms with Crippen molar-refractivity contribution in [1.82, 2.24) is 9.80 Å². The summed E-state index contributed by atoms with van der Waals surface area (Å²) < 4.78 is 0. The molecule has 0 aliphatic carbocycles. The molecule has 0 saturated heterocycles.